The first-order chi connectivity index (χ1) is 22.6. The minimum atomic E-state index is -1.13. The molecule has 11 heteroatoms. The number of nitrogens with zero attached hydrogens (tertiary/aromatic N) is 3. The van der Waals surface area contributed by atoms with Gasteiger partial charge in [-0.15, -0.1) is 0 Å². The van der Waals surface area contributed by atoms with Crippen LogP contribution in [0.4, 0.5) is 4.39 Å². The van der Waals surface area contributed by atoms with E-state index in [4.69, 9.17) is 24.2 Å². The molecule has 6 rings (SSSR count). The summed E-state index contributed by atoms with van der Waals surface area (Å²) in [5.74, 6) is -1.74. The Labute approximate surface area is 273 Å². The van der Waals surface area contributed by atoms with Crippen LogP contribution < -0.4 is 14.8 Å². The molecule has 1 N–H and O–H groups in total. The summed E-state index contributed by atoms with van der Waals surface area (Å²) in [6.45, 7) is 4.40. The number of esters is 1. The molecule has 1 aromatic heterocycles. The van der Waals surface area contributed by atoms with Crippen LogP contribution in [0.25, 0.3) is 22.3 Å². The van der Waals surface area contributed by atoms with E-state index in [0.29, 0.717) is 35.2 Å². The van der Waals surface area contributed by atoms with Crippen LogP contribution in [0.5, 0.6) is 11.6 Å². The average Bonchev–Trinajstić information content (AvgIpc) is 3.59. The number of halogens is 1. The second-order valence-electron chi connectivity index (χ2n) is 12.8. The first-order valence-corrected chi connectivity index (χ1v) is 16.3. The van der Waals surface area contributed by atoms with Gasteiger partial charge in [-0.2, -0.15) is 4.98 Å². The van der Waals surface area contributed by atoms with Gasteiger partial charge in [-0.3, -0.25) is 9.59 Å². The van der Waals surface area contributed by atoms with Crippen molar-refractivity contribution in [3.63, 3.8) is 0 Å². The predicted molar refractivity (Wildman–Crippen MR) is 173 cm³/mol. The number of carbonyl (C=O) groups is 3. The third kappa shape index (κ3) is 6.40. The van der Waals surface area contributed by atoms with Gasteiger partial charge in [0.15, 0.2) is 5.82 Å². The molecule has 2 saturated carbocycles. The summed E-state index contributed by atoms with van der Waals surface area (Å²) in [5, 5.41) is 3.65. The normalized spacial score (nSPS) is 26.9. The minimum absolute atomic E-state index is 0.130. The van der Waals surface area contributed by atoms with Gasteiger partial charge in [-0.1, -0.05) is 24.3 Å². The predicted octanol–water partition coefficient (Wildman–Crippen LogP) is 5.16. The van der Waals surface area contributed by atoms with Crippen LogP contribution in [-0.4, -0.2) is 71.6 Å². The number of rotatable bonds is 6. The Morgan fingerprint density at radius 2 is 1.94 bits per heavy atom. The quantitative estimate of drug-likeness (QED) is 0.289. The molecule has 3 aliphatic rings. The molecule has 2 aromatic carbocycles. The molecule has 3 aromatic rings. The number of hydrogen-bond donors (Lipinski definition) is 1. The second kappa shape index (κ2) is 13.3. The smallest absolute Gasteiger partial charge is 0.332 e. The number of fused-ring (bicyclic) bond motifs is 3. The summed E-state index contributed by atoms with van der Waals surface area (Å²) in [5.41, 5.74) is 0.698. The van der Waals surface area contributed by atoms with Crippen molar-refractivity contribution in [2.45, 2.75) is 64.0 Å². The summed E-state index contributed by atoms with van der Waals surface area (Å²) in [7, 11) is 3.35. The van der Waals surface area contributed by atoms with Crippen LogP contribution >= 0.6 is 0 Å². The molecular weight excluding hydrogens is 603 g/mol. The second-order valence-corrected chi connectivity index (χ2v) is 12.8. The Bertz CT molecular complexity index is 1730. The molecule has 5 atom stereocenters. The van der Waals surface area contributed by atoms with E-state index < -0.39 is 35.3 Å². The van der Waals surface area contributed by atoms with Gasteiger partial charge in [0.05, 0.1) is 36.5 Å². The molecule has 2 amide bonds. The molecule has 2 aliphatic carbocycles. The molecule has 0 radical (unpaired) electrons. The summed E-state index contributed by atoms with van der Waals surface area (Å²) in [6, 6.07) is 9.65. The number of aryl methyl sites for hydroxylation is 1. The molecule has 1 aliphatic heterocycles. The van der Waals surface area contributed by atoms with Gasteiger partial charge in [0.2, 0.25) is 17.7 Å². The Morgan fingerprint density at radius 3 is 2.70 bits per heavy atom. The molecule has 0 spiro atoms. The Balaban J connectivity index is 1.35. The largest absolute Gasteiger partial charge is 0.496 e. The van der Waals surface area contributed by atoms with Crippen LogP contribution in [0.2, 0.25) is 0 Å². The Hall–Kier alpha value is -4.54. The van der Waals surface area contributed by atoms with Crippen molar-refractivity contribution in [2.75, 3.05) is 27.3 Å². The van der Waals surface area contributed by atoms with Gasteiger partial charge >= 0.3 is 5.97 Å². The van der Waals surface area contributed by atoms with E-state index in [9.17, 15) is 18.8 Å². The molecule has 248 valence electrons. The third-order valence-electron chi connectivity index (χ3n) is 9.65. The van der Waals surface area contributed by atoms with Crippen LogP contribution in [0.15, 0.2) is 48.6 Å². The fraction of sp³-hybridized carbons (Fsp3) is 0.472. The maximum absolute atomic E-state index is 14.2. The fourth-order valence-electron chi connectivity index (χ4n) is 6.95. The van der Waals surface area contributed by atoms with E-state index in [-0.39, 0.29) is 48.9 Å². The van der Waals surface area contributed by atoms with Gasteiger partial charge in [0, 0.05) is 30.6 Å². The van der Waals surface area contributed by atoms with Crippen LogP contribution in [0, 0.1) is 30.5 Å². The highest BCUT2D eigenvalue weighted by Gasteiger charge is 2.62. The number of hydrogen-bond acceptors (Lipinski definition) is 8. The molecule has 0 unspecified atom stereocenters. The lowest BCUT2D eigenvalue weighted by Gasteiger charge is -2.26. The Kier molecular flexibility index (Phi) is 9.16. The van der Waals surface area contributed by atoms with Gasteiger partial charge in [-0.05, 0) is 76.6 Å². The summed E-state index contributed by atoms with van der Waals surface area (Å²) in [6.07, 6.45) is 7.04. The summed E-state index contributed by atoms with van der Waals surface area (Å²) in [4.78, 5) is 52.2. The monoisotopic (exact) mass is 644 g/mol. The van der Waals surface area contributed by atoms with E-state index in [2.05, 4.69) is 11.4 Å². The molecule has 47 heavy (non-hydrogen) atoms. The van der Waals surface area contributed by atoms with Crippen molar-refractivity contribution < 1.29 is 33.0 Å². The number of aromatic nitrogens is 2. The molecule has 2 heterocycles. The molecule has 10 nitrogen and oxygen atoms in total. The van der Waals surface area contributed by atoms with E-state index in [0.717, 1.165) is 24.8 Å². The lowest BCUT2D eigenvalue weighted by molar-refractivity contribution is -0.150. The van der Waals surface area contributed by atoms with Crippen LogP contribution in [0.3, 0.4) is 0 Å². The minimum Gasteiger partial charge on any atom is -0.496 e. The van der Waals surface area contributed by atoms with E-state index in [1.165, 1.54) is 12.1 Å². The number of methoxy groups -OCH3 is 1. The van der Waals surface area contributed by atoms with Crippen molar-refractivity contribution in [1.29, 1.82) is 0 Å². The van der Waals surface area contributed by atoms with Crippen molar-refractivity contribution in [1.82, 2.24) is 20.2 Å². The first-order valence-electron chi connectivity index (χ1n) is 16.3. The number of amides is 2. The first kappa shape index (κ1) is 32.4. The summed E-state index contributed by atoms with van der Waals surface area (Å²) >= 11 is 0. The van der Waals surface area contributed by atoms with Crippen molar-refractivity contribution in [3.8, 4) is 23.0 Å². The molecule has 0 saturated heterocycles. The fourth-order valence-corrected chi connectivity index (χ4v) is 6.95. The van der Waals surface area contributed by atoms with E-state index >= 15 is 0 Å². The lowest BCUT2D eigenvalue weighted by Crippen LogP contribution is -2.50. The maximum Gasteiger partial charge on any atom is 0.332 e. The van der Waals surface area contributed by atoms with Crippen molar-refractivity contribution >= 4 is 28.7 Å². The lowest BCUT2D eigenvalue weighted by atomic mass is 9.93. The van der Waals surface area contributed by atoms with Crippen LogP contribution in [-0.2, 0) is 19.1 Å². The van der Waals surface area contributed by atoms with Gasteiger partial charge in [0.1, 0.15) is 23.2 Å². The Morgan fingerprint density at radius 1 is 1.13 bits per heavy atom. The standard InChI is InChI=1S/C36H41FN4O6/c1-5-46-35(44)36-20-23(36)12-8-6-7-9-16-41(3)34(43)28-19-25(18-27(28)32(42)40-36)47-33-26-14-15-29(45-4)21(2)30(26)38-31(39-33)22-11-10-13-24(37)17-22/h8,10-15,17,23,25,27-28H,5-7,9,16,18-20H2,1-4H3,(H,40,42)/b12-8-/t23-,25+,27+,28+,36+/m0/s1. The molecular formula is C36H41FN4O6. The van der Waals surface area contributed by atoms with Crippen molar-refractivity contribution in [3.05, 3.63) is 59.9 Å². The highest BCUT2D eigenvalue weighted by atomic mass is 19.1. The number of carbonyl (C=O) groups excluding carboxylic acids is 3. The van der Waals surface area contributed by atoms with E-state index in [1.807, 2.05) is 25.1 Å². The number of ether oxygens (including phenoxy) is 3. The van der Waals surface area contributed by atoms with Gasteiger partial charge in [-0.25, -0.2) is 14.2 Å². The zero-order valence-electron chi connectivity index (χ0n) is 27.3. The highest BCUT2D eigenvalue weighted by Crippen LogP contribution is 2.47. The van der Waals surface area contributed by atoms with Gasteiger partial charge < -0.3 is 24.4 Å². The molecule has 2 fully saturated rings. The zero-order chi connectivity index (χ0) is 33.3. The average molecular weight is 645 g/mol. The van der Waals surface area contributed by atoms with Gasteiger partial charge in [0.25, 0.3) is 0 Å². The highest BCUT2D eigenvalue weighted by molar-refractivity contribution is 5.95. The number of allylic oxidation sites excluding steroid dienone is 1. The maximum atomic E-state index is 14.2. The third-order valence-corrected chi connectivity index (χ3v) is 9.65. The topological polar surface area (TPSA) is 120 Å². The number of benzene rings is 2. The van der Waals surface area contributed by atoms with E-state index in [1.54, 1.807) is 38.1 Å². The number of nitrogens with one attached hydrogen (secondary N) is 1. The summed E-state index contributed by atoms with van der Waals surface area (Å²) < 4.78 is 31.7. The molecule has 0 bridgehead atoms. The van der Waals surface area contributed by atoms with Crippen molar-refractivity contribution in [2.24, 2.45) is 17.8 Å². The SMILES string of the molecule is CCOC(=O)[C@@]12C[C@@H]1/C=C\CCCCN(C)C(=O)[C@@H]1C[C@H](Oc3nc(-c4cccc(F)c4)nc4c(C)c(OC)ccc34)C[C@H]1C(=O)N2. The van der Waals surface area contributed by atoms with Crippen LogP contribution in [0.1, 0.15) is 51.0 Å². The zero-order valence-corrected chi connectivity index (χ0v) is 27.3.